The lowest BCUT2D eigenvalue weighted by Gasteiger charge is -2.04. The Morgan fingerprint density at radius 2 is 1.91 bits per heavy atom. The largest absolute Gasteiger partial charge is 0.0881 e. The molecule has 0 aromatic carbocycles. The average Bonchev–Trinajstić information content (AvgIpc) is 2.76. The fourth-order valence-electron chi connectivity index (χ4n) is 3.37. The highest BCUT2D eigenvalue weighted by Crippen LogP contribution is 2.79. The van der Waals surface area contributed by atoms with Crippen molar-refractivity contribution in [2.24, 2.45) is 17.3 Å². The second kappa shape index (κ2) is 2.04. The molecule has 0 nitrogen and oxygen atoms in total. The zero-order valence-electron chi connectivity index (χ0n) is 6.85. The molecule has 1 heteroatoms. The third-order valence-corrected chi connectivity index (χ3v) is 5.71. The molecule has 3 fully saturated rings. The molecule has 4 atom stereocenters. The van der Waals surface area contributed by atoms with Gasteiger partial charge in [-0.15, -0.1) is 0 Å². The van der Waals surface area contributed by atoms with Gasteiger partial charge in [0.15, 0.2) is 0 Å². The standard InChI is InChI=1S/C10H15Br/c11-9-8-5-3-1-2-4-7-6-10(7,8)9/h7-9H,1-6H2. The normalized spacial score (nSPS) is 60.3. The van der Waals surface area contributed by atoms with E-state index in [2.05, 4.69) is 15.9 Å². The zero-order valence-corrected chi connectivity index (χ0v) is 8.44. The number of hydrogen-bond acceptors (Lipinski definition) is 0. The molecule has 0 heterocycles. The molecule has 3 saturated carbocycles. The van der Waals surface area contributed by atoms with E-state index in [4.69, 9.17) is 0 Å². The van der Waals surface area contributed by atoms with Crippen LogP contribution < -0.4 is 0 Å². The van der Waals surface area contributed by atoms with Crippen LogP contribution in [0.4, 0.5) is 0 Å². The Kier molecular flexibility index (Phi) is 1.29. The molecule has 0 aromatic rings. The summed E-state index contributed by atoms with van der Waals surface area (Å²) in [7, 11) is 0. The third-order valence-electron chi connectivity index (χ3n) is 4.22. The van der Waals surface area contributed by atoms with Crippen LogP contribution in [0.2, 0.25) is 0 Å². The molecule has 0 amide bonds. The van der Waals surface area contributed by atoms with Gasteiger partial charge < -0.3 is 0 Å². The molecule has 3 aliphatic carbocycles. The molecule has 0 bridgehead atoms. The molecule has 0 N–H and O–H groups in total. The minimum Gasteiger partial charge on any atom is -0.0881 e. The van der Waals surface area contributed by atoms with E-state index >= 15 is 0 Å². The summed E-state index contributed by atoms with van der Waals surface area (Å²) in [4.78, 5) is 0.929. The van der Waals surface area contributed by atoms with E-state index in [1.54, 1.807) is 12.8 Å². The van der Waals surface area contributed by atoms with Crippen LogP contribution in [0.25, 0.3) is 0 Å². The van der Waals surface area contributed by atoms with Gasteiger partial charge in [0.05, 0.1) is 0 Å². The lowest BCUT2D eigenvalue weighted by Crippen LogP contribution is -1.92. The molecule has 11 heavy (non-hydrogen) atoms. The van der Waals surface area contributed by atoms with Crippen molar-refractivity contribution in [1.29, 1.82) is 0 Å². The summed E-state index contributed by atoms with van der Waals surface area (Å²) in [5.41, 5.74) is 0.862. The molecular formula is C10H15Br. The predicted octanol–water partition coefficient (Wildman–Crippen LogP) is 3.35. The first kappa shape index (κ1) is 6.94. The number of hydrogen-bond donors (Lipinski definition) is 0. The maximum atomic E-state index is 3.84. The molecule has 3 rings (SSSR count). The van der Waals surface area contributed by atoms with E-state index in [0.29, 0.717) is 0 Å². The molecule has 0 saturated heterocycles. The topological polar surface area (TPSA) is 0 Å². The second-order valence-electron chi connectivity index (χ2n) is 4.66. The highest BCUT2D eigenvalue weighted by atomic mass is 79.9. The number of rotatable bonds is 0. The van der Waals surface area contributed by atoms with E-state index in [0.717, 1.165) is 22.1 Å². The van der Waals surface area contributed by atoms with Crippen molar-refractivity contribution in [1.82, 2.24) is 0 Å². The fraction of sp³-hybridized carbons (Fsp3) is 1.00. The van der Waals surface area contributed by atoms with Gasteiger partial charge >= 0.3 is 0 Å². The summed E-state index contributed by atoms with van der Waals surface area (Å²) in [6.07, 6.45) is 9.14. The molecular weight excluding hydrogens is 200 g/mol. The van der Waals surface area contributed by atoms with Crippen LogP contribution in [0.3, 0.4) is 0 Å². The summed E-state index contributed by atoms with van der Waals surface area (Å²) in [5.74, 6) is 2.23. The van der Waals surface area contributed by atoms with Crippen molar-refractivity contribution >= 4 is 15.9 Å². The first-order valence-electron chi connectivity index (χ1n) is 5.00. The Morgan fingerprint density at radius 3 is 2.82 bits per heavy atom. The monoisotopic (exact) mass is 214 g/mol. The van der Waals surface area contributed by atoms with E-state index in [1.807, 2.05) is 0 Å². The summed E-state index contributed by atoms with van der Waals surface area (Å²) < 4.78 is 0. The van der Waals surface area contributed by atoms with Crippen molar-refractivity contribution in [2.45, 2.75) is 43.4 Å². The summed E-state index contributed by atoms with van der Waals surface area (Å²) in [6, 6.07) is 0. The minimum atomic E-state index is 0.862. The Bertz CT molecular complexity index is 187. The van der Waals surface area contributed by atoms with E-state index in [9.17, 15) is 0 Å². The van der Waals surface area contributed by atoms with Crippen LogP contribution >= 0.6 is 15.9 Å². The van der Waals surface area contributed by atoms with Gasteiger partial charge in [0.25, 0.3) is 0 Å². The Balaban J connectivity index is 1.78. The molecule has 3 aliphatic rings. The first-order valence-corrected chi connectivity index (χ1v) is 5.91. The summed E-state index contributed by atoms with van der Waals surface area (Å²) >= 11 is 3.84. The van der Waals surface area contributed by atoms with Gasteiger partial charge in [-0.1, -0.05) is 35.2 Å². The highest BCUT2D eigenvalue weighted by molar-refractivity contribution is 9.09. The molecule has 0 aliphatic heterocycles. The Hall–Kier alpha value is 0.480. The zero-order chi connectivity index (χ0) is 7.47. The van der Waals surface area contributed by atoms with Gasteiger partial charge in [-0.05, 0) is 36.5 Å². The highest BCUT2D eigenvalue weighted by Gasteiger charge is 2.75. The van der Waals surface area contributed by atoms with E-state index in [-0.39, 0.29) is 0 Å². The predicted molar refractivity (Wildman–Crippen MR) is 49.8 cm³/mol. The average molecular weight is 215 g/mol. The molecule has 0 radical (unpaired) electrons. The van der Waals surface area contributed by atoms with Crippen molar-refractivity contribution in [3.63, 3.8) is 0 Å². The third kappa shape index (κ3) is 0.760. The van der Waals surface area contributed by atoms with Crippen molar-refractivity contribution < 1.29 is 0 Å². The quantitative estimate of drug-likeness (QED) is 0.543. The van der Waals surface area contributed by atoms with Gasteiger partial charge in [-0.25, -0.2) is 0 Å². The Labute approximate surface area is 76.9 Å². The lowest BCUT2D eigenvalue weighted by atomic mass is 10.0. The van der Waals surface area contributed by atoms with Crippen LogP contribution in [0.15, 0.2) is 0 Å². The van der Waals surface area contributed by atoms with Crippen LogP contribution in [0.5, 0.6) is 0 Å². The van der Waals surface area contributed by atoms with Crippen LogP contribution in [-0.4, -0.2) is 4.83 Å². The van der Waals surface area contributed by atoms with Crippen LogP contribution in [0.1, 0.15) is 38.5 Å². The SMILES string of the molecule is BrC1C2CCCCCC3CC312. The lowest BCUT2D eigenvalue weighted by molar-refractivity contribution is 0.476. The van der Waals surface area contributed by atoms with Crippen molar-refractivity contribution in [2.75, 3.05) is 0 Å². The van der Waals surface area contributed by atoms with E-state index in [1.165, 1.54) is 25.7 Å². The van der Waals surface area contributed by atoms with Gasteiger partial charge in [-0.2, -0.15) is 0 Å². The second-order valence-corrected chi connectivity index (χ2v) is 5.65. The smallest absolute Gasteiger partial charge is 0.0242 e. The van der Waals surface area contributed by atoms with Gasteiger partial charge in [0, 0.05) is 4.83 Å². The summed E-state index contributed by atoms with van der Waals surface area (Å²) in [6.45, 7) is 0. The fourth-order valence-corrected chi connectivity index (χ4v) is 4.87. The maximum Gasteiger partial charge on any atom is 0.0242 e. The molecule has 4 unspecified atom stereocenters. The van der Waals surface area contributed by atoms with Gasteiger partial charge in [0.2, 0.25) is 0 Å². The number of halogens is 1. The molecule has 62 valence electrons. The minimum absolute atomic E-state index is 0.862. The summed E-state index contributed by atoms with van der Waals surface area (Å²) in [5, 5.41) is 0. The van der Waals surface area contributed by atoms with Crippen LogP contribution in [-0.2, 0) is 0 Å². The van der Waals surface area contributed by atoms with Gasteiger partial charge in [-0.3, -0.25) is 0 Å². The van der Waals surface area contributed by atoms with Crippen LogP contribution in [0, 0.1) is 17.3 Å². The number of alkyl halides is 1. The maximum absolute atomic E-state index is 3.84. The first-order chi connectivity index (χ1) is 5.36. The molecule has 0 aromatic heterocycles. The van der Waals surface area contributed by atoms with E-state index < -0.39 is 0 Å². The van der Waals surface area contributed by atoms with Gasteiger partial charge in [0.1, 0.15) is 0 Å². The van der Waals surface area contributed by atoms with Crippen molar-refractivity contribution in [3.8, 4) is 0 Å². The molecule has 1 spiro atoms. The Morgan fingerprint density at radius 1 is 1.09 bits per heavy atom. The van der Waals surface area contributed by atoms with Crippen molar-refractivity contribution in [3.05, 3.63) is 0 Å².